The molecule has 6 N–H and O–H groups in total. The van der Waals surface area contributed by atoms with E-state index in [2.05, 4.69) is 15.6 Å². The molecule has 2 rings (SSSR count). The fourth-order valence-electron chi connectivity index (χ4n) is 2.64. The van der Waals surface area contributed by atoms with Gasteiger partial charge in [-0.05, 0) is 11.6 Å². The van der Waals surface area contributed by atoms with Crippen LogP contribution in [0.4, 0.5) is 0 Å². The molecule has 1 aromatic carbocycles. The second-order valence-electron chi connectivity index (χ2n) is 5.88. The summed E-state index contributed by atoms with van der Waals surface area (Å²) in [5.41, 5.74) is 7.03. The highest BCUT2D eigenvalue weighted by Crippen LogP contribution is 2.19. The summed E-state index contributed by atoms with van der Waals surface area (Å²) < 4.78 is 0. The van der Waals surface area contributed by atoms with Gasteiger partial charge in [-0.1, -0.05) is 18.2 Å². The largest absolute Gasteiger partial charge is 0.481 e. The van der Waals surface area contributed by atoms with Crippen LogP contribution in [0.15, 0.2) is 30.5 Å². The molecule has 0 saturated carbocycles. The fraction of sp³-hybridized carbons (Fsp3) is 0.294. The van der Waals surface area contributed by atoms with Gasteiger partial charge in [-0.2, -0.15) is 0 Å². The monoisotopic (exact) mass is 360 g/mol. The van der Waals surface area contributed by atoms with Crippen LogP contribution in [0, 0.1) is 0 Å². The van der Waals surface area contributed by atoms with Gasteiger partial charge < -0.3 is 26.5 Å². The number of para-hydroxylation sites is 1. The van der Waals surface area contributed by atoms with Crippen molar-refractivity contribution < 1.29 is 24.3 Å². The first-order valence-electron chi connectivity index (χ1n) is 7.91. The minimum atomic E-state index is -1.30. The number of carboxylic acids is 1. The summed E-state index contributed by atoms with van der Waals surface area (Å²) in [4.78, 5) is 49.2. The number of aliphatic carboxylic acids is 1. The summed E-state index contributed by atoms with van der Waals surface area (Å²) in [7, 11) is 0. The Morgan fingerprint density at radius 3 is 2.46 bits per heavy atom. The minimum Gasteiger partial charge on any atom is -0.481 e. The van der Waals surface area contributed by atoms with Gasteiger partial charge >= 0.3 is 5.97 Å². The SMILES string of the molecule is CC(=O)N[C@H](CC(=O)O)C(=O)N[C@@H](Cc1c[nH]c2ccccc12)C(N)=O. The smallest absolute Gasteiger partial charge is 0.305 e. The highest BCUT2D eigenvalue weighted by molar-refractivity contribution is 5.94. The van der Waals surface area contributed by atoms with E-state index in [1.807, 2.05) is 24.3 Å². The molecule has 0 unspecified atom stereocenters. The molecule has 0 saturated heterocycles. The molecule has 138 valence electrons. The molecule has 0 aliphatic rings. The van der Waals surface area contributed by atoms with Crippen molar-refractivity contribution in [3.63, 3.8) is 0 Å². The van der Waals surface area contributed by atoms with Gasteiger partial charge in [0.15, 0.2) is 0 Å². The number of H-pyrrole nitrogens is 1. The summed E-state index contributed by atoms with van der Waals surface area (Å²) in [6, 6.07) is 5.10. The maximum absolute atomic E-state index is 12.3. The van der Waals surface area contributed by atoms with Crippen LogP contribution < -0.4 is 16.4 Å². The first-order valence-corrected chi connectivity index (χ1v) is 7.91. The van der Waals surface area contributed by atoms with E-state index in [-0.39, 0.29) is 6.42 Å². The highest BCUT2D eigenvalue weighted by Gasteiger charge is 2.27. The van der Waals surface area contributed by atoms with Crippen molar-refractivity contribution in [3.05, 3.63) is 36.0 Å². The molecule has 0 fully saturated rings. The molecule has 0 spiro atoms. The third-order valence-electron chi connectivity index (χ3n) is 3.83. The Hall–Kier alpha value is -3.36. The first kappa shape index (κ1) is 19.0. The molecular weight excluding hydrogens is 340 g/mol. The molecule has 1 heterocycles. The lowest BCUT2D eigenvalue weighted by atomic mass is 10.0. The van der Waals surface area contributed by atoms with Crippen molar-refractivity contribution in [2.75, 3.05) is 0 Å². The number of amides is 3. The number of fused-ring (bicyclic) bond motifs is 1. The van der Waals surface area contributed by atoms with Crippen LogP contribution in [0.25, 0.3) is 10.9 Å². The minimum absolute atomic E-state index is 0.130. The number of rotatable bonds is 8. The number of carboxylic acid groups (broad SMARTS) is 1. The van der Waals surface area contributed by atoms with Gasteiger partial charge in [-0.15, -0.1) is 0 Å². The number of carbonyl (C=O) groups is 4. The lowest BCUT2D eigenvalue weighted by Crippen LogP contribution is -2.53. The van der Waals surface area contributed by atoms with E-state index in [0.29, 0.717) is 0 Å². The maximum Gasteiger partial charge on any atom is 0.305 e. The zero-order valence-corrected chi connectivity index (χ0v) is 14.1. The third-order valence-corrected chi connectivity index (χ3v) is 3.83. The van der Waals surface area contributed by atoms with Crippen molar-refractivity contribution in [2.24, 2.45) is 5.73 Å². The molecule has 2 aromatic rings. The second kappa shape index (κ2) is 8.15. The normalized spacial score (nSPS) is 13.0. The number of hydrogen-bond acceptors (Lipinski definition) is 4. The summed E-state index contributed by atoms with van der Waals surface area (Å²) in [5.74, 6) is -3.36. The number of benzene rings is 1. The van der Waals surface area contributed by atoms with E-state index in [1.165, 1.54) is 6.92 Å². The Bertz CT molecular complexity index is 829. The molecular formula is C17H20N4O5. The quantitative estimate of drug-likeness (QED) is 0.436. The standard InChI is InChI=1S/C17H20N4O5/c1-9(22)20-14(7-15(23)24)17(26)21-13(16(18)25)6-10-8-19-12-5-3-2-4-11(10)12/h2-5,8,13-14,19H,6-7H2,1H3,(H2,18,25)(H,20,22)(H,21,26)(H,23,24)/t13-,14+/m0/s1. The van der Waals surface area contributed by atoms with Crippen LogP contribution in [0.1, 0.15) is 18.9 Å². The van der Waals surface area contributed by atoms with Crippen LogP contribution in [-0.2, 0) is 25.6 Å². The maximum atomic E-state index is 12.3. The third kappa shape index (κ3) is 4.82. The Balaban J connectivity index is 2.16. The van der Waals surface area contributed by atoms with Gasteiger partial charge in [-0.3, -0.25) is 19.2 Å². The van der Waals surface area contributed by atoms with E-state index in [1.54, 1.807) is 6.20 Å². The molecule has 26 heavy (non-hydrogen) atoms. The van der Waals surface area contributed by atoms with E-state index >= 15 is 0 Å². The van der Waals surface area contributed by atoms with Gasteiger partial charge in [0.05, 0.1) is 6.42 Å². The van der Waals surface area contributed by atoms with Crippen LogP contribution in [0.3, 0.4) is 0 Å². The average Bonchev–Trinajstić information content (AvgIpc) is 2.95. The molecule has 0 radical (unpaired) electrons. The number of aromatic amines is 1. The van der Waals surface area contributed by atoms with Crippen molar-refractivity contribution in [2.45, 2.75) is 31.8 Å². The van der Waals surface area contributed by atoms with Crippen molar-refractivity contribution in [3.8, 4) is 0 Å². The van der Waals surface area contributed by atoms with E-state index in [4.69, 9.17) is 10.8 Å². The number of nitrogens with two attached hydrogens (primary N) is 1. The number of carbonyl (C=O) groups excluding carboxylic acids is 3. The van der Waals surface area contributed by atoms with Crippen LogP contribution in [0.2, 0.25) is 0 Å². The molecule has 9 heteroatoms. The summed E-state index contributed by atoms with van der Waals surface area (Å²) in [5, 5.41) is 14.5. The lowest BCUT2D eigenvalue weighted by Gasteiger charge is -2.20. The van der Waals surface area contributed by atoms with E-state index < -0.39 is 42.2 Å². The Morgan fingerprint density at radius 1 is 1.15 bits per heavy atom. The van der Waals surface area contributed by atoms with E-state index in [0.717, 1.165) is 16.5 Å². The predicted octanol–water partition coefficient (Wildman–Crippen LogP) is -0.340. The zero-order chi connectivity index (χ0) is 19.3. The van der Waals surface area contributed by atoms with Crippen molar-refractivity contribution in [1.82, 2.24) is 15.6 Å². The summed E-state index contributed by atoms with van der Waals surface area (Å²) in [6.07, 6.45) is 1.24. The Morgan fingerprint density at radius 2 is 1.85 bits per heavy atom. The van der Waals surface area contributed by atoms with E-state index in [9.17, 15) is 19.2 Å². The van der Waals surface area contributed by atoms with Crippen LogP contribution in [-0.4, -0.2) is 45.9 Å². The van der Waals surface area contributed by atoms with Crippen molar-refractivity contribution in [1.29, 1.82) is 0 Å². The zero-order valence-electron chi connectivity index (χ0n) is 14.1. The molecule has 1 aromatic heterocycles. The summed E-state index contributed by atoms with van der Waals surface area (Å²) in [6.45, 7) is 1.17. The number of nitrogens with one attached hydrogen (secondary N) is 3. The molecule has 3 amide bonds. The fourth-order valence-corrected chi connectivity index (χ4v) is 2.64. The van der Waals surface area contributed by atoms with Crippen LogP contribution >= 0.6 is 0 Å². The van der Waals surface area contributed by atoms with Crippen molar-refractivity contribution >= 4 is 34.6 Å². The highest BCUT2D eigenvalue weighted by atomic mass is 16.4. The van der Waals surface area contributed by atoms with Gasteiger partial charge in [0.25, 0.3) is 0 Å². The van der Waals surface area contributed by atoms with Gasteiger partial charge in [0, 0.05) is 30.4 Å². The molecule has 9 nitrogen and oxygen atoms in total. The molecule has 0 bridgehead atoms. The summed E-state index contributed by atoms with van der Waals surface area (Å²) >= 11 is 0. The van der Waals surface area contributed by atoms with Gasteiger partial charge in [-0.25, -0.2) is 0 Å². The Labute approximate surface area is 148 Å². The van der Waals surface area contributed by atoms with Gasteiger partial charge in [0.2, 0.25) is 17.7 Å². The molecule has 2 atom stereocenters. The molecule has 0 aliphatic carbocycles. The molecule has 0 aliphatic heterocycles. The number of primary amides is 1. The predicted molar refractivity (Wildman–Crippen MR) is 93.0 cm³/mol. The number of hydrogen-bond donors (Lipinski definition) is 5. The first-order chi connectivity index (χ1) is 12.3. The lowest BCUT2D eigenvalue weighted by molar-refractivity contribution is -0.140. The Kier molecular flexibility index (Phi) is 5.94. The number of aromatic nitrogens is 1. The topological polar surface area (TPSA) is 154 Å². The second-order valence-corrected chi connectivity index (χ2v) is 5.88. The average molecular weight is 360 g/mol. The van der Waals surface area contributed by atoms with Crippen LogP contribution in [0.5, 0.6) is 0 Å². The van der Waals surface area contributed by atoms with Gasteiger partial charge in [0.1, 0.15) is 12.1 Å².